The summed E-state index contributed by atoms with van der Waals surface area (Å²) in [6.45, 7) is 4.16. The summed E-state index contributed by atoms with van der Waals surface area (Å²) >= 11 is 0. The molecule has 3 heteroatoms. The van der Waals surface area contributed by atoms with E-state index in [1.54, 1.807) is 7.11 Å². The van der Waals surface area contributed by atoms with Crippen molar-refractivity contribution in [3.63, 3.8) is 0 Å². The molecule has 3 nitrogen and oxygen atoms in total. The van der Waals surface area contributed by atoms with E-state index in [4.69, 9.17) is 10.5 Å². The van der Waals surface area contributed by atoms with Crippen molar-refractivity contribution in [2.45, 2.75) is 25.2 Å². The van der Waals surface area contributed by atoms with E-state index >= 15 is 0 Å². The van der Waals surface area contributed by atoms with Gasteiger partial charge in [0.25, 0.3) is 0 Å². The second kappa shape index (κ2) is 6.76. The number of para-hydroxylation sites is 1. The number of piperidine rings is 1. The lowest BCUT2D eigenvalue weighted by molar-refractivity contribution is 0.215. The van der Waals surface area contributed by atoms with E-state index in [1.165, 1.54) is 37.9 Å². The number of methoxy groups -OCH3 is 1. The molecule has 1 aliphatic rings. The molecule has 0 bridgehead atoms. The topological polar surface area (TPSA) is 38.5 Å². The minimum Gasteiger partial charge on any atom is -0.496 e. The third kappa shape index (κ3) is 3.24. The molecule has 0 aromatic heterocycles. The third-order valence-electron chi connectivity index (χ3n) is 3.79. The quantitative estimate of drug-likeness (QED) is 0.868. The molecule has 1 aliphatic heterocycles. The summed E-state index contributed by atoms with van der Waals surface area (Å²) in [4.78, 5) is 2.54. The maximum absolute atomic E-state index is 5.96. The Morgan fingerprint density at radius 2 is 1.94 bits per heavy atom. The van der Waals surface area contributed by atoms with Crippen LogP contribution in [0.5, 0.6) is 5.75 Å². The Labute approximate surface area is 110 Å². The van der Waals surface area contributed by atoms with Crippen LogP contribution in [0.15, 0.2) is 24.3 Å². The van der Waals surface area contributed by atoms with Gasteiger partial charge in [-0.05, 0) is 37.6 Å². The molecule has 1 heterocycles. The van der Waals surface area contributed by atoms with Crippen molar-refractivity contribution in [3.05, 3.63) is 29.8 Å². The lowest BCUT2D eigenvalue weighted by Gasteiger charge is -2.30. The number of likely N-dealkylation sites (tertiary alicyclic amines) is 1. The Balaban J connectivity index is 2.07. The van der Waals surface area contributed by atoms with Crippen LogP contribution < -0.4 is 10.5 Å². The smallest absolute Gasteiger partial charge is 0.122 e. The van der Waals surface area contributed by atoms with Gasteiger partial charge in [-0.1, -0.05) is 24.6 Å². The van der Waals surface area contributed by atoms with Gasteiger partial charge in [-0.3, -0.25) is 0 Å². The maximum Gasteiger partial charge on any atom is 0.122 e. The first-order valence-corrected chi connectivity index (χ1v) is 6.90. The Hall–Kier alpha value is -1.06. The van der Waals surface area contributed by atoms with Crippen molar-refractivity contribution in [1.29, 1.82) is 0 Å². The van der Waals surface area contributed by atoms with Crippen molar-refractivity contribution >= 4 is 0 Å². The molecule has 1 fully saturated rings. The highest BCUT2D eigenvalue weighted by molar-refractivity contribution is 5.36. The second-order valence-corrected chi connectivity index (χ2v) is 5.04. The SMILES string of the molecule is COc1ccccc1C(CN)CN1CCCCC1. The van der Waals surface area contributed by atoms with Crippen LogP contribution in [-0.2, 0) is 0 Å². The number of benzene rings is 1. The molecular formula is C15H24N2O. The monoisotopic (exact) mass is 248 g/mol. The van der Waals surface area contributed by atoms with Crippen LogP contribution in [0.2, 0.25) is 0 Å². The molecule has 1 aromatic rings. The van der Waals surface area contributed by atoms with Crippen LogP contribution in [0.1, 0.15) is 30.7 Å². The highest BCUT2D eigenvalue weighted by Crippen LogP contribution is 2.27. The molecule has 18 heavy (non-hydrogen) atoms. The fourth-order valence-electron chi connectivity index (χ4n) is 2.76. The van der Waals surface area contributed by atoms with E-state index in [2.05, 4.69) is 17.0 Å². The van der Waals surface area contributed by atoms with Gasteiger partial charge in [0.2, 0.25) is 0 Å². The zero-order valence-electron chi connectivity index (χ0n) is 11.3. The molecule has 1 aromatic carbocycles. The van der Waals surface area contributed by atoms with Crippen LogP contribution in [0.4, 0.5) is 0 Å². The van der Waals surface area contributed by atoms with E-state index in [0.717, 1.165) is 12.3 Å². The number of nitrogens with two attached hydrogens (primary N) is 1. The molecule has 0 radical (unpaired) electrons. The van der Waals surface area contributed by atoms with E-state index in [1.807, 2.05) is 12.1 Å². The fourth-order valence-corrected chi connectivity index (χ4v) is 2.76. The van der Waals surface area contributed by atoms with Gasteiger partial charge in [0.1, 0.15) is 5.75 Å². The first-order chi connectivity index (χ1) is 8.85. The van der Waals surface area contributed by atoms with Gasteiger partial charge in [0.15, 0.2) is 0 Å². The fraction of sp³-hybridized carbons (Fsp3) is 0.600. The molecule has 0 amide bonds. The summed E-state index contributed by atoms with van der Waals surface area (Å²) in [5.74, 6) is 1.34. The van der Waals surface area contributed by atoms with Gasteiger partial charge < -0.3 is 15.4 Å². The number of rotatable bonds is 5. The van der Waals surface area contributed by atoms with Crippen LogP contribution in [0, 0.1) is 0 Å². The number of ether oxygens (including phenoxy) is 1. The standard InChI is InChI=1S/C15H24N2O/c1-18-15-8-4-3-7-14(15)13(11-16)12-17-9-5-2-6-10-17/h3-4,7-8,13H,2,5-6,9-12,16H2,1H3. The van der Waals surface area contributed by atoms with E-state index in [0.29, 0.717) is 12.5 Å². The predicted molar refractivity (Wildman–Crippen MR) is 75.1 cm³/mol. The van der Waals surface area contributed by atoms with Crippen molar-refractivity contribution in [2.75, 3.05) is 33.3 Å². The Kier molecular flexibility index (Phi) is 5.02. The van der Waals surface area contributed by atoms with Gasteiger partial charge in [-0.2, -0.15) is 0 Å². The van der Waals surface area contributed by atoms with Crippen LogP contribution in [0.3, 0.4) is 0 Å². The molecule has 2 N–H and O–H groups in total. The van der Waals surface area contributed by atoms with Gasteiger partial charge in [0.05, 0.1) is 7.11 Å². The minimum absolute atomic E-state index is 0.374. The zero-order valence-corrected chi connectivity index (χ0v) is 11.3. The normalized spacial score (nSPS) is 18.6. The van der Waals surface area contributed by atoms with E-state index in [-0.39, 0.29) is 0 Å². The number of hydrogen-bond acceptors (Lipinski definition) is 3. The summed E-state index contributed by atoms with van der Waals surface area (Å²) < 4.78 is 5.44. The average Bonchev–Trinajstić information content (AvgIpc) is 2.46. The summed E-state index contributed by atoms with van der Waals surface area (Å²) in [6, 6.07) is 8.24. The third-order valence-corrected chi connectivity index (χ3v) is 3.79. The predicted octanol–water partition coefficient (Wildman–Crippen LogP) is 2.22. The minimum atomic E-state index is 0.374. The summed E-state index contributed by atoms with van der Waals surface area (Å²) in [5, 5.41) is 0. The highest BCUT2D eigenvalue weighted by atomic mass is 16.5. The van der Waals surface area contributed by atoms with Crippen molar-refractivity contribution < 1.29 is 4.74 Å². The van der Waals surface area contributed by atoms with E-state index in [9.17, 15) is 0 Å². The van der Waals surface area contributed by atoms with Gasteiger partial charge in [0, 0.05) is 19.0 Å². The lowest BCUT2D eigenvalue weighted by Crippen LogP contribution is -2.35. The number of hydrogen-bond donors (Lipinski definition) is 1. The summed E-state index contributed by atoms with van der Waals surface area (Å²) in [6.07, 6.45) is 4.02. The molecule has 1 atom stereocenters. The lowest BCUT2D eigenvalue weighted by atomic mass is 9.96. The molecule has 1 unspecified atom stereocenters. The molecular weight excluding hydrogens is 224 g/mol. The van der Waals surface area contributed by atoms with Crippen molar-refractivity contribution in [1.82, 2.24) is 4.90 Å². The first-order valence-electron chi connectivity index (χ1n) is 6.90. The van der Waals surface area contributed by atoms with Crippen LogP contribution in [0.25, 0.3) is 0 Å². The number of nitrogens with zero attached hydrogens (tertiary/aromatic N) is 1. The van der Waals surface area contributed by atoms with Gasteiger partial charge >= 0.3 is 0 Å². The largest absolute Gasteiger partial charge is 0.496 e. The molecule has 0 aliphatic carbocycles. The summed E-state index contributed by atoms with van der Waals surface area (Å²) in [7, 11) is 1.73. The zero-order chi connectivity index (χ0) is 12.8. The van der Waals surface area contributed by atoms with Crippen LogP contribution in [-0.4, -0.2) is 38.2 Å². The molecule has 1 saturated heterocycles. The van der Waals surface area contributed by atoms with E-state index < -0.39 is 0 Å². The Bertz CT molecular complexity index is 361. The molecule has 0 spiro atoms. The van der Waals surface area contributed by atoms with Crippen LogP contribution >= 0.6 is 0 Å². The Morgan fingerprint density at radius 3 is 2.61 bits per heavy atom. The summed E-state index contributed by atoms with van der Waals surface area (Å²) in [5.41, 5.74) is 7.21. The highest BCUT2D eigenvalue weighted by Gasteiger charge is 2.19. The Morgan fingerprint density at radius 1 is 1.22 bits per heavy atom. The average molecular weight is 248 g/mol. The first kappa shape index (κ1) is 13.4. The van der Waals surface area contributed by atoms with Gasteiger partial charge in [-0.25, -0.2) is 0 Å². The van der Waals surface area contributed by atoms with Gasteiger partial charge in [-0.15, -0.1) is 0 Å². The maximum atomic E-state index is 5.96. The molecule has 100 valence electrons. The van der Waals surface area contributed by atoms with Crippen molar-refractivity contribution in [3.8, 4) is 5.75 Å². The second-order valence-electron chi connectivity index (χ2n) is 5.04. The molecule has 0 saturated carbocycles. The molecule has 2 rings (SSSR count). The van der Waals surface area contributed by atoms with Crippen molar-refractivity contribution in [2.24, 2.45) is 5.73 Å².